The molecule has 1 fully saturated rings. The number of hydrogen-bond acceptors (Lipinski definition) is 6. The molecule has 0 aromatic rings. The molecule has 0 aliphatic carbocycles. The second-order valence-electron chi connectivity index (χ2n) is 5.03. The van der Waals surface area contributed by atoms with Crippen molar-refractivity contribution >= 4 is 17.9 Å². The summed E-state index contributed by atoms with van der Waals surface area (Å²) in [5, 5.41) is 15.1. The van der Waals surface area contributed by atoms with E-state index in [9.17, 15) is 19.6 Å². The Morgan fingerprint density at radius 1 is 1.35 bits per heavy atom. The molecule has 1 unspecified atom stereocenters. The topological polar surface area (TPSA) is 108 Å². The largest absolute Gasteiger partial charge is 0.453 e. The number of methoxy groups -OCH3 is 1. The predicted molar refractivity (Wildman–Crippen MR) is 68.8 cm³/mol. The van der Waals surface area contributed by atoms with Crippen molar-refractivity contribution in [2.24, 2.45) is 5.92 Å². The smallest absolute Gasteiger partial charge is 0.413 e. The van der Waals surface area contributed by atoms with Gasteiger partial charge in [0.15, 0.2) is 0 Å². The monoisotopic (exact) mass is 287 g/mol. The van der Waals surface area contributed by atoms with Crippen LogP contribution in [0.15, 0.2) is 0 Å². The summed E-state index contributed by atoms with van der Waals surface area (Å²) in [6.45, 7) is 3.92. The number of nitrogens with zero attached hydrogens (tertiary/aromatic N) is 1. The highest BCUT2D eigenvalue weighted by Crippen LogP contribution is 2.15. The molecule has 1 heterocycles. The molecule has 1 rings (SSSR count). The van der Waals surface area contributed by atoms with Gasteiger partial charge in [-0.25, -0.2) is 4.79 Å². The maximum atomic E-state index is 12.0. The van der Waals surface area contributed by atoms with Crippen molar-refractivity contribution in [2.45, 2.75) is 38.8 Å². The van der Waals surface area contributed by atoms with Gasteiger partial charge in [0.2, 0.25) is 5.91 Å². The van der Waals surface area contributed by atoms with Gasteiger partial charge >= 0.3 is 6.09 Å². The Labute approximate surface area is 117 Å². The molecule has 0 spiro atoms. The second-order valence-corrected chi connectivity index (χ2v) is 5.03. The molecule has 3 N–H and O–H groups in total. The standard InChI is InChI=1S/C12H21N3O5/c1-7(2)9(11(17)14-12(18)20-3)13-10(16)8-5-4-6-15(8)19/h7-9,19H,4-6H2,1-3H3,(H,13,16)(H,14,17,18)/t8-,9?/m0/s1. The fourth-order valence-electron chi connectivity index (χ4n) is 2.03. The Bertz CT molecular complexity index is 385. The number of carbonyl (C=O) groups excluding carboxylic acids is 3. The molecule has 0 aromatic heterocycles. The van der Waals surface area contributed by atoms with Crippen molar-refractivity contribution in [1.29, 1.82) is 0 Å². The lowest BCUT2D eigenvalue weighted by atomic mass is 10.0. The van der Waals surface area contributed by atoms with Crippen LogP contribution in [-0.2, 0) is 14.3 Å². The molecule has 1 saturated heterocycles. The Morgan fingerprint density at radius 2 is 2.00 bits per heavy atom. The fourth-order valence-corrected chi connectivity index (χ4v) is 2.03. The Morgan fingerprint density at radius 3 is 2.45 bits per heavy atom. The zero-order chi connectivity index (χ0) is 15.3. The van der Waals surface area contributed by atoms with Crippen LogP contribution in [0.2, 0.25) is 0 Å². The van der Waals surface area contributed by atoms with E-state index in [1.54, 1.807) is 13.8 Å². The molecule has 1 aliphatic rings. The van der Waals surface area contributed by atoms with Gasteiger partial charge in [-0.15, -0.1) is 0 Å². The number of hydrogen-bond donors (Lipinski definition) is 3. The lowest BCUT2D eigenvalue weighted by Crippen LogP contribution is -2.54. The first kappa shape index (κ1) is 16.4. The summed E-state index contributed by atoms with van der Waals surface area (Å²) in [5.74, 6) is -1.27. The third-order valence-corrected chi connectivity index (χ3v) is 3.18. The number of hydroxylamine groups is 2. The lowest BCUT2D eigenvalue weighted by molar-refractivity contribution is -0.148. The zero-order valence-electron chi connectivity index (χ0n) is 11.9. The molecule has 3 amide bonds. The van der Waals surface area contributed by atoms with Gasteiger partial charge < -0.3 is 15.3 Å². The lowest BCUT2D eigenvalue weighted by Gasteiger charge is -2.24. The number of carbonyl (C=O) groups is 3. The van der Waals surface area contributed by atoms with E-state index in [4.69, 9.17) is 0 Å². The predicted octanol–water partition coefficient (Wildman–Crippen LogP) is -0.137. The van der Waals surface area contributed by atoms with Crippen LogP contribution in [0.4, 0.5) is 4.79 Å². The summed E-state index contributed by atoms with van der Waals surface area (Å²) in [6, 6.07) is -1.52. The Balaban J connectivity index is 2.65. The molecular formula is C12H21N3O5. The van der Waals surface area contributed by atoms with Crippen LogP contribution in [-0.4, -0.2) is 53.9 Å². The van der Waals surface area contributed by atoms with Crippen LogP contribution in [0.5, 0.6) is 0 Å². The van der Waals surface area contributed by atoms with Gasteiger partial charge in [-0.3, -0.25) is 14.9 Å². The van der Waals surface area contributed by atoms with Gasteiger partial charge in [-0.05, 0) is 18.8 Å². The van der Waals surface area contributed by atoms with Crippen LogP contribution < -0.4 is 10.6 Å². The average molecular weight is 287 g/mol. The zero-order valence-corrected chi connectivity index (χ0v) is 11.9. The second kappa shape index (κ2) is 7.20. The molecule has 0 aromatic carbocycles. The average Bonchev–Trinajstić information content (AvgIpc) is 2.81. The minimum absolute atomic E-state index is 0.211. The quantitative estimate of drug-likeness (QED) is 0.664. The van der Waals surface area contributed by atoms with E-state index < -0.39 is 30.0 Å². The highest BCUT2D eigenvalue weighted by molar-refractivity contribution is 5.97. The van der Waals surface area contributed by atoms with Gasteiger partial charge in [0.1, 0.15) is 12.1 Å². The fraction of sp³-hybridized carbons (Fsp3) is 0.750. The summed E-state index contributed by atoms with van der Waals surface area (Å²) in [7, 11) is 1.15. The van der Waals surface area contributed by atoms with Gasteiger partial charge in [0.05, 0.1) is 7.11 Å². The van der Waals surface area contributed by atoms with Crippen molar-refractivity contribution in [2.75, 3.05) is 13.7 Å². The van der Waals surface area contributed by atoms with Gasteiger partial charge in [-0.2, -0.15) is 5.06 Å². The van der Waals surface area contributed by atoms with Crippen LogP contribution in [0.25, 0.3) is 0 Å². The third-order valence-electron chi connectivity index (χ3n) is 3.18. The van der Waals surface area contributed by atoms with Crippen molar-refractivity contribution in [3.05, 3.63) is 0 Å². The van der Waals surface area contributed by atoms with E-state index in [0.717, 1.165) is 18.6 Å². The summed E-state index contributed by atoms with van der Waals surface area (Å²) in [4.78, 5) is 34.9. The SMILES string of the molecule is COC(=O)NC(=O)C(NC(=O)[C@@H]1CCCN1O)C(C)C. The molecule has 0 radical (unpaired) electrons. The number of imide groups is 1. The van der Waals surface area contributed by atoms with Crippen LogP contribution in [0.1, 0.15) is 26.7 Å². The van der Waals surface area contributed by atoms with Crippen LogP contribution in [0, 0.1) is 5.92 Å². The van der Waals surface area contributed by atoms with E-state index in [1.807, 2.05) is 5.32 Å². The van der Waals surface area contributed by atoms with Crippen molar-refractivity contribution in [3.8, 4) is 0 Å². The summed E-state index contributed by atoms with van der Waals surface area (Å²) in [5.41, 5.74) is 0. The summed E-state index contributed by atoms with van der Waals surface area (Å²) < 4.78 is 4.34. The van der Waals surface area contributed by atoms with E-state index in [0.29, 0.717) is 13.0 Å². The van der Waals surface area contributed by atoms with Crippen LogP contribution in [0.3, 0.4) is 0 Å². The number of ether oxygens (including phenoxy) is 1. The van der Waals surface area contributed by atoms with Gasteiger partial charge in [0.25, 0.3) is 5.91 Å². The van der Waals surface area contributed by atoms with Crippen LogP contribution >= 0.6 is 0 Å². The number of nitrogens with one attached hydrogen (secondary N) is 2. The maximum absolute atomic E-state index is 12.0. The van der Waals surface area contributed by atoms with E-state index in [1.165, 1.54) is 0 Å². The maximum Gasteiger partial charge on any atom is 0.413 e. The van der Waals surface area contributed by atoms with Gasteiger partial charge in [0, 0.05) is 6.54 Å². The van der Waals surface area contributed by atoms with E-state index in [2.05, 4.69) is 10.1 Å². The summed E-state index contributed by atoms with van der Waals surface area (Å²) >= 11 is 0. The molecule has 20 heavy (non-hydrogen) atoms. The molecule has 8 heteroatoms. The first-order valence-corrected chi connectivity index (χ1v) is 6.51. The molecule has 0 bridgehead atoms. The first-order valence-electron chi connectivity index (χ1n) is 6.51. The number of alkyl carbamates (subject to hydrolysis) is 1. The minimum atomic E-state index is -0.875. The third kappa shape index (κ3) is 4.17. The molecule has 114 valence electrons. The molecular weight excluding hydrogens is 266 g/mol. The normalized spacial score (nSPS) is 20.6. The summed E-state index contributed by atoms with van der Waals surface area (Å²) in [6.07, 6.45) is 0.376. The highest BCUT2D eigenvalue weighted by atomic mass is 16.5. The van der Waals surface area contributed by atoms with E-state index in [-0.39, 0.29) is 5.92 Å². The molecule has 1 aliphatic heterocycles. The Kier molecular flexibility index (Phi) is 5.90. The van der Waals surface area contributed by atoms with Crippen molar-refractivity contribution in [3.63, 3.8) is 0 Å². The molecule has 0 saturated carbocycles. The van der Waals surface area contributed by atoms with Crippen molar-refractivity contribution < 1.29 is 24.3 Å². The minimum Gasteiger partial charge on any atom is -0.453 e. The first-order chi connectivity index (χ1) is 9.36. The molecule has 2 atom stereocenters. The van der Waals surface area contributed by atoms with Crippen molar-refractivity contribution in [1.82, 2.24) is 15.7 Å². The number of rotatable bonds is 4. The number of amides is 3. The van der Waals surface area contributed by atoms with Gasteiger partial charge in [-0.1, -0.05) is 13.8 Å². The Hall–Kier alpha value is -1.67. The van der Waals surface area contributed by atoms with E-state index >= 15 is 0 Å². The highest BCUT2D eigenvalue weighted by Gasteiger charge is 2.33. The molecule has 8 nitrogen and oxygen atoms in total.